The molecule has 0 bridgehead atoms. The molecule has 0 aliphatic carbocycles. The number of anilines is 1. The van der Waals surface area contributed by atoms with Gasteiger partial charge in [-0.15, -0.1) is 6.58 Å². The van der Waals surface area contributed by atoms with Crippen LogP contribution in [0.4, 0.5) is 5.82 Å². The molecule has 28 heavy (non-hydrogen) atoms. The highest BCUT2D eigenvalue weighted by molar-refractivity contribution is 7.99. The number of carbonyl (C=O) groups excluding carboxylic acids is 1. The number of aromatic amines is 1. The van der Waals surface area contributed by atoms with E-state index in [0.29, 0.717) is 39.3 Å². The smallest absolute Gasteiger partial charge is 0.257 e. The van der Waals surface area contributed by atoms with Crippen LogP contribution in [0.15, 0.2) is 34.7 Å². The van der Waals surface area contributed by atoms with Gasteiger partial charge in [-0.1, -0.05) is 23.9 Å². The van der Waals surface area contributed by atoms with Crippen LogP contribution in [-0.2, 0) is 4.79 Å². The van der Waals surface area contributed by atoms with Gasteiger partial charge in [-0.3, -0.25) is 9.59 Å². The lowest BCUT2D eigenvalue weighted by Crippen LogP contribution is -2.31. The number of methoxy groups -OCH3 is 3. The van der Waals surface area contributed by atoms with E-state index in [1.807, 2.05) is 0 Å². The summed E-state index contributed by atoms with van der Waals surface area (Å²) in [5.74, 6) is 1.39. The number of aromatic nitrogens is 2. The van der Waals surface area contributed by atoms with Gasteiger partial charge in [0.05, 0.1) is 26.9 Å². The summed E-state index contributed by atoms with van der Waals surface area (Å²) in [5, 5.41) is 3.12. The summed E-state index contributed by atoms with van der Waals surface area (Å²) in [4.78, 5) is 32.3. The van der Waals surface area contributed by atoms with Gasteiger partial charge in [-0.2, -0.15) is 0 Å². The molecule has 2 aromatic rings. The topological polar surface area (TPSA) is 103 Å². The van der Waals surface area contributed by atoms with Crippen molar-refractivity contribution < 1.29 is 19.0 Å². The standard InChI is InChI=1S/C19H21N3O5S/c1-5-8-28-19-21-17-14(18(24)22-19)11(9-13(23)20-17)10-6-7-12(25-2)16(27-4)15(10)26-3/h5-7,11H,1,8-9H2,2-4H3,(H2,20,21,22,23,24). The molecule has 1 amide bonds. The van der Waals surface area contributed by atoms with Crippen LogP contribution in [0.25, 0.3) is 0 Å². The Bertz CT molecular complexity index is 973. The quantitative estimate of drug-likeness (QED) is 0.416. The average molecular weight is 403 g/mol. The minimum Gasteiger partial charge on any atom is -0.493 e. The number of carbonyl (C=O) groups is 1. The Kier molecular flexibility index (Phi) is 5.93. The van der Waals surface area contributed by atoms with Crippen LogP contribution in [0, 0.1) is 0 Å². The van der Waals surface area contributed by atoms with Crippen molar-refractivity contribution in [3.8, 4) is 17.2 Å². The summed E-state index contributed by atoms with van der Waals surface area (Å²) in [6.07, 6.45) is 1.79. The van der Waals surface area contributed by atoms with Gasteiger partial charge in [0.2, 0.25) is 11.7 Å². The number of amides is 1. The molecular weight excluding hydrogens is 382 g/mol. The molecule has 1 aromatic carbocycles. The van der Waals surface area contributed by atoms with Crippen LogP contribution in [-0.4, -0.2) is 43.0 Å². The van der Waals surface area contributed by atoms with Gasteiger partial charge in [0.1, 0.15) is 5.82 Å². The van der Waals surface area contributed by atoms with E-state index in [4.69, 9.17) is 14.2 Å². The van der Waals surface area contributed by atoms with Gasteiger partial charge < -0.3 is 24.5 Å². The number of H-pyrrole nitrogens is 1. The van der Waals surface area contributed by atoms with Crippen LogP contribution in [0.5, 0.6) is 17.2 Å². The van der Waals surface area contributed by atoms with Crippen LogP contribution in [0.1, 0.15) is 23.5 Å². The fourth-order valence-corrected chi connectivity index (χ4v) is 3.82. The Hall–Kier alpha value is -2.94. The van der Waals surface area contributed by atoms with Gasteiger partial charge in [0, 0.05) is 23.7 Å². The Labute approximate surface area is 166 Å². The molecule has 0 fully saturated rings. The first kappa shape index (κ1) is 19.8. The third-order valence-electron chi connectivity index (χ3n) is 4.38. The van der Waals surface area contributed by atoms with Crippen LogP contribution >= 0.6 is 11.8 Å². The molecule has 1 aliphatic heterocycles. The van der Waals surface area contributed by atoms with Crippen molar-refractivity contribution in [2.45, 2.75) is 17.5 Å². The van der Waals surface area contributed by atoms with Crippen LogP contribution in [0.2, 0.25) is 0 Å². The zero-order valence-corrected chi connectivity index (χ0v) is 16.6. The number of nitrogens with zero attached hydrogens (tertiary/aromatic N) is 1. The summed E-state index contributed by atoms with van der Waals surface area (Å²) >= 11 is 1.33. The van der Waals surface area contributed by atoms with Crippen molar-refractivity contribution in [2.75, 3.05) is 32.4 Å². The van der Waals surface area contributed by atoms with E-state index in [2.05, 4.69) is 21.9 Å². The van der Waals surface area contributed by atoms with E-state index in [1.54, 1.807) is 18.2 Å². The number of ether oxygens (including phenoxy) is 3. The van der Waals surface area contributed by atoms with Crippen molar-refractivity contribution in [3.05, 3.63) is 46.3 Å². The highest BCUT2D eigenvalue weighted by Gasteiger charge is 2.34. The minimum absolute atomic E-state index is 0.0861. The minimum atomic E-state index is -0.534. The predicted octanol–water partition coefficient (Wildman–Crippen LogP) is 2.55. The second kappa shape index (κ2) is 8.39. The van der Waals surface area contributed by atoms with Crippen molar-refractivity contribution in [2.24, 2.45) is 0 Å². The van der Waals surface area contributed by atoms with Gasteiger partial charge in [-0.05, 0) is 6.07 Å². The largest absolute Gasteiger partial charge is 0.493 e. The molecule has 0 spiro atoms. The second-order valence-electron chi connectivity index (χ2n) is 5.96. The van der Waals surface area contributed by atoms with E-state index in [9.17, 15) is 9.59 Å². The van der Waals surface area contributed by atoms with E-state index in [1.165, 1.54) is 33.1 Å². The Balaban J connectivity index is 2.17. The maximum absolute atomic E-state index is 12.8. The van der Waals surface area contributed by atoms with Crippen molar-refractivity contribution in [1.29, 1.82) is 0 Å². The lowest BCUT2D eigenvalue weighted by molar-refractivity contribution is -0.116. The fraction of sp³-hybridized carbons (Fsp3) is 0.316. The summed E-state index contributed by atoms with van der Waals surface area (Å²) < 4.78 is 16.3. The van der Waals surface area contributed by atoms with Crippen molar-refractivity contribution in [1.82, 2.24) is 9.97 Å². The number of benzene rings is 1. The zero-order chi connectivity index (χ0) is 20.3. The molecule has 1 atom stereocenters. The molecule has 8 nitrogen and oxygen atoms in total. The second-order valence-corrected chi connectivity index (χ2v) is 6.97. The molecule has 0 saturated heterocycles. The lowest BCUT2D eigenvalue weighted by Gasteiger charge is -2.26. The number of rotatable bonds is 7. The molecule has 1 aromatic heterocycles. The molecular formula is C19H21N3O5S. The number of fused-ring (bicyclic) bond motifs is 1. The Morgan fingerprint density at radius 1 is 1.21 bits per heavy atom. The van der Waals surface area contributed by atoms with Gasteiger partial charge >= 0.3 is 0 Å². The normalized spacial score (nSPS) is 15.4. The molecule has 1 aliphatic rings. The lowest BCUT2D eigenvalue weighted by atomic mass is 9.86. The number of thioether (sulfide) groups is 1. The molecule has 9 heteroatoms. The maximum Gasteiger partial charge on any atom is 0.257 e. The molecule has 0 saturated carbocycles. The summed E-state index contributed by atoms with van der Waals surface area (Å²) in [6.45, 7) is 3.65. The van der Waals surface area contributed by atoms with E-state index >= 15 is 0 Å². The summed E-state index contributed by atoms with van der Waals surface area (Å²) in [6, 6.07) is 3.49. The molecule has 148 valence electrons. The van der Waals surface area contributed by atoms with Gasteiger partial charge in [-0.25, -0.2) is 4.98 Å². The molecule has 1 unspecified atom stereocenters. The first-order valence-corrected chi connectivity index (χ1v) is 9.49. The van der Waals surface area contributed by atoms with E-state index in [0.717, 1.165) is 0 Å². The SMILES string of the molecule is C=CCSc1nc2c(c(=O)[nH]1)C(c1ccc(OC)c(OC)c1OC)CC(=O)N2. The first-order chi connectivity index (χ1) is 13.5. The van der Waals surface area contributed by atoms with Crippen molar-refractivity contribution >= 4 is 23.5 Å². The third-order valence-corrected chi connectivity index (χ3v) is 5.25. The Morgan fingerprint density at radius 2 is 1.96 bits per heavy atom. The van der Waals surface area contributed by atoms with Crippen molar-refractivity contribution in [3.63, 3.8) is 0 Å². The fourth-order valence-electron chi connectivity index (χ4n) is 3.22. The van der Waals surface area contributed by atoms with Crippen LogP contribution in [0.3, 0.4) is 0 Å². The van der Waals surface area contributed by atoms with E-state index in [-0.39, 0.29) is 23.7 Å². The molecule has 3 rings (SSSR count). The monoisotopic (exact) mass is 403 g/mol. The summed E-state index contributed by atoms with van der Waals surface area (Å²) in [7, 11) is 4.53. The highest BCUT2D eigenvalue weighted by atomic mass is 32.2. The maximum atomic E-state index is 12.8. The number of hydrogen-bond acceptors (Lipinski definition) is 7. The van der Waals surface area contributed by atoms with E-state index < -0.39 is 5.92 Å². The first-order valence-electron chi connectivity index (χ1n) is 8.50. The molecule has 2 N–H and O–H groups in total. The molecule has 0 radical (unpaired) electrons. The Morgan fingerprint density at radius 3 is 2.61 bits per heavy atom. The number of hydrogen-bond donors (Lipinski definition) is 2. The molecule has 2 heterocycles. The number of nitrogens with one attached hydrogen (secondary N) is 2. The highest BCUT2D eigenvalue weighted by Crippen LogP contribution is 2.46. The zero-order valence-electron chi connectivity index (χ0n) is 15.8. The van der Waals surface area contributed by atoms with Gasteiger partial charge in [0.15, 0.2) is 16.7 Å². The third kappa shape index (κ3) is 3.57. The summed E-state index contributed by atoms with van der Waals surface area (Å²) in [5.41, 5.74) is 0.724. The average Bonchev–Trinajstić information content (AvgIpc) is 2.69. The van der Waals surface area contributed by atoms with Crippen LogP contribution < -0.4 is 25.1 Å². The van der Waals surface area contributed by atoms with Gasteiger partial charge in [0.25, 0.3) is 5.56 Å². The predicted molar refractivity (Wildman–Crippen MR) is 107 cm³/mol.